The smallest absolute Gasteiger partial charge is 0.260 e. The fraction of sp³-hybridized carbons (Fsp3) is 0.769. The zero-order valence-electron chi connectivity index (χ0n) is 12.2. The first-order valence-electron chi connectivity index (χ1n) is 7.41. The van der Waals surface area contributed by atoms with Crippen LogP contribution in [0.4, 0.5) is 0 Å². The molecule has 1 unspecified atom stereocenters. The van der Waals surface area contributed by atoms with Crippen LogP contribution < -0.4 is 5.32 Å². The van der Waals surface area contributed by atoms with Crippen molar-refractivity contribution in [1.82, 2.24) is 19.8 Å². The van der Waals surface area contributed by atoms with Gasteiger partial charge in [0.1, 0.15) is 0 Å². The summed E-state index contributed by atoms with van der Waals surface area (Å²) in [5.74, 6) is 0. The molecule has 0 bridgehead atoms. The number of aromatic amines is 1. The summed E-state index contributed by atoms with van der Waals surface area (Å²) in [4.78, 5) is 0. The van der Waals surface area contributed by atoms with Gasteiger partial charge in [0.05, 0.1) is 12.3 Å². The Morgan fingerprint density at radius 2 is 2.29 bits per heavy atom. The number of H-pyrrole nitrogens is 1. The fourth-order valence-electron chi connectivity index (χ4n) is 2.52. The lowest BCUT2D eigenvalue weighted by atomic mass is 10.2. The molecule has 0 radical (unpaired) electrons. The van der Waals surface area contributed by atoms with Crippen molar-refractivity contribution < 1.29 is 13.2 Å². The van der Waals surface area contributed by atoms with E-state index in [9.17, 15) is 8.42 Å². The van der Waals surface area contributed by atoms with Crippen LogP contribution in [0.2, 0.25) is 0 Å². The number of hydrogen-bond acceptors (Lipinski definition) is 5. The van der Waals surface area contributed by atoms with Gasteiger partial charge >= 0.3 is 0 Å². The Balaban J connectivity index is 1.69. The van der Waals surface area contributed by atoms with E-state index in [0.29, 0.717) is 24.7 Å². The molecular weight excluding hydrogens is 292 g/mol. The van der Waals surface area contributed by atoms with Gasteiger partial charge in [-0.15, -0.1) is 0 Å². The molecule has 21 heavy (non-hydrogen) atoms. The van der Waals surface area contributed by atoms with Gasteiger partial charge in [0.2, 0.25) is 0 Å². The molecule has 2 aliphatic rings. The van der Waals surface area contributed by atoms with E-state index in [1.165, 1.54) is 17.1 Å². The van der Waals surface area contributed by atoms with Crippen LogP contribution in [0.3, 0.4) is 0 Å². The lowest BCUT2D eigenvalue weighted by Crippen LogP contribution is -2.35. The third-order valence-corrected chi connectivity index (χ3v) is 5.83. The number of rotatable bonds is 7. The van der Waals surface area contributed by atoms with E-state index in [2.05, 4.69) is 15.5 Å². The van der Waals surface area contributed by atoms with Crippen molar-refractivity contribution in [2.24, 2.45) is 0 Å². The quantitative estimate of drug-likeness (QED) is 0.763. The van der Waals surface area contributed by atoms with E-state index in [4.69, 9.17) is 4.74 Å². The van der Waals surface area contributed by atoms with E-state index in [1.54, 1.807) is 13.2 Å². The number of sulfonamides is 1. The number of ether oxygens (including phenoxy) is 1. The average Bonchev–Trinajstić information content (AvgIpc) is 2.93. The Morgan fingerprint density at radius 3 is 2.95 bits per heavy atom. The summed E-state index contributed by atoms with van der Waals surface area (Å²) >= 11 is 0. The number of nitrogens with zero attached hydrogens (tertiary/aromatic N) is 2. The van der Waals surface area contributed by atoms with Crippen LogP contribution in [-0.4, -0.2) is 55.3 Å². The van der Waals surface area contributed by atoms with E-state index in [-0.39, 0.29) is 11.1 Å². The first kappa shape index (κ1) is 15.0. The summed E-state index contributed by atoms with van der Waals surface area (Å²) in [6.07, 6.45) is 5.83. The molecule has 1 aliphatic carbocycles. The molecule has 0 amide bonds. The first-order chi connectivity index (χ1) is 10.1. The van der Waals surface area contributed by atoms with Gasteiger partial charge in [-0.25, -0.2) is 8.42 Å². The molecule has 1 atom stereocenters. The summed E-state index contributed by atoms with van der Waals surface area (Å²) in [6, 6.07) is 0.528. The first-order valence-corrected chi connectivity index (χ1v) is 8.85. The molecule has 0 aromatic carbocycles. The second-order valence-corrected chi connectivity index (χ2v) is 7.78. The second-order valence-electron chi connectivity index (χ2n) is 5.80. The van der Waals surface area contributed by atoms with E-state index < -0.39 is 10.0 Å². The standard InChI is InChI=1S/C13H22N4O3S/c1-17(9-12-3-2-6-20-12)21(18,19)13-10(8-15-16-13)7-14-11-4-5-11/h8,11-12,14H,2-7,9H2,1H3,(H,15,16). The van der Waals surface area contributed by atoms with Gasteiger partial charge < -0.3 is 10.1 Å². The largest absolute Gasteiger partial charge is 0.377 e. The van der Waals surface area contributed by atoms with Gasteiger partial charge in [-0.2, -0.15) is 9.40 Å². The molecule has 7 nitrogen and oxygen atoms in total. The van der Waals surface area contributed by atoms with Crippen LogP contribution in [0, 0.1) is 0 Å². The zero-order chi connectivity index (χ0) is 14.9. The van der Waals surface area contributed by atoms with Crippen LogP contribution in [0.1, 0.15) is 31.2 Å². The van der Waals surface area contributed by atoms with Gasteiger partial charge in [0.25, 0.3) is 10.0 Å². The van der Waals surface area contributed by atoms with Crippen molar-refractivity contribution in [3.8, 4) is 0 Å². The van der Waals surface area contributed by atoms with Gasteiger partial charge in [0.15, 0.2) is 5.03 Å². The topological polar surface area (TPSA) is 87.3 Å². The highest BCUT2D eigenvalue weighted by Gasteiger charge is 2.30. The SMILES string of the molecule is CN(CC1CCCO1)S(=O)(=O)c1[nH]ncc1CNC1CC1. The summed E-state index contributed by atoms with van der Waals surface area (Å²) in [5.41, 5.74) is 0.695. The molecule has 1 aromatic heterocycles. The highest BCUT2D eigenvalue weighted by molar-refractivity contribution is 7.89. The van der Waals surface area contributed by atoms with Crippen LogP contribution in [-0.2, 0) is 21.3 Å². The molecule has 118 valence electrons. The maximum absolute atomic E-state index is 12.6. The van der Waals surface area contributed by atoms with Crippen LogP contribution in [0.15, 0.2) is 11.2 Å². The minimum atomic E-state index is -3.55. The Morgan fingerprint density at radius 1 is 1.48 bits per heavy atom. The van der Waals surface area contributed by atoms with E-state index in [1.807, 2.05) is 0 Å². The van der Waals surface area contributed by atoms with Gasteiger partial charge in [-0.05, 0) is 25.7 Å². The summed E-state index contributed by atoms with van der Waals surface area (Å²) in [7, 11) is -1.95. The van der Waals surface area contributed by atoms with Gasteiger partial charge in [-0.1, -0.05) is 0 Å². The number of hydrogen-bond donors (Lipinski definition) is 2. The van der Waals surface area contributed by atoms with Crippen LogP contribution >= 0.6 is 0 Å². The van der Waals surface area contributed by atoms with Gasteiger partial charge in [-0.3, -0.25) is 5.10 Å². The summed E-state index contributed by atoms with van der Waals surface area (Å²) in [6.45, 7) is 1.64. The molecule has 2 heterocycles. The normalized spacial score (nSPS) is 23.0. The van der Waals surface area contributed by atoms with Crippen LogP contribution in [0.5, 0.6) is 0 Å². The molecule has 0 spiro atoms. The second kappa shape index (κ2) is 6.04. The number of aromatic nitrogens is 2. The lowest BCUT2D eigenvalue weighted by molar-refractivity contribution is 0.0978. The van der Waals surface area contributed by atoms with Gasteiger partial charge in [0, 0.05) is 38.3 Å². The summed E-state index contributed by atoms with van der Waals surface area (Å²) in [5, 5.41) is 10.0. The summed E-state index contributed by atoms with van der Waals surface area (Å²) < 4.78 is 32.1. The third-order valence-electron chi connectivity index (χ3n) is 3.99. The molecule has 3 rings (SSSR count). The van der Waals surface area contributed by atoms with Crippen molar-refractivity contribution >= 4 is 10.0 Å². The predicted molar refractivity (Wildman–Crippen MR) is 77.2 cm³/mol. The zero-order valence-corrected chi connectivity index (χ0v) is 13.0. The Kier molecular flexibility index (Phi) is 4.30. The molecule has 2 fully saturated rings. The molecule has 1 aliphatic heterocycles. The minimum Gasteiger partial charge on any atom is -0.377 e. The Bertz CT molecular complexity index is 576. The molecule has 2 N–H and O–H groups in total. The molecule has 1 aromatic rings. The number of likely N-dealkylation sites (N-methyl/N-ethyl adjacent to an activating group) is 1. The van der Waals surface area contributed by atoms with Crippen molar-refractivity contribution in [2.75, 3.05) is 20.2 Å². The fourth-order valence-corrected chi connectivity index (χ4v) is 3.82. The minimum absolute atomic E-state index is 0.000681. The third kappa shape index (κ3) is 3.45. The van der Waals surface area contributed by atoms with Crippen LogP contribution in [0.25, 0.3) is 0 Å². The maximum Gasteiger partial charge on any atom is 0.260 e. The maximum atomic E-state index is 12.6. The van der Waals surface area contributed by atoms with E-state index >= 15 is 0 Å². The number of nitrogens with one attached hydrogen (secondary N) is 2. The van der Waals surface area contributed by atoms with E-state index in [0.717, 1.165) is 19.4 Å². The highest BCUT2D eigenvalue weighted by Crippen LogP contribution is 2.22. The van der Waals surface area contributed by atoms with Crippen molar-refractivity contribution in [3.63, 3.8) is 0 Å². The Labute approximate surface area is 125 Å². The lowest BCUT2D eigenvalue weighted by Gasteiger charge is -2.20. The van der Waals surface area contributed by atoms with Crippen molar-refractivity contribution in [3.05, 3.63) is 11.8 Å². The molecule has 8 heteroatoms. The predicted octanol–water partition coefficient (Wildman–Crippen LogP) is 0.461. The monoisotopic (exact) mass is 314 g/mol. The molecule has 1 saturated carbocycles. The highest BCUT2D eigenvalue weighted by atomic mass is 32.2. The molecule has 1 saturated heterocycles. The van der Waals surface area contributed by atoms with Crippen molar-refractivity contribution in [2.45, 2.75) is 49.4 Å². The average molecular weight is 314 g/mol. The van der Waals surface area contributed by atoms with Crippen molar-refractivity contribution in [1.29, 1.82) is 0 Å². The molecular formula is C13H22N4O3S. The Hall–Kier alpha value is -0.960.